The summed E-state index contributed by atoms with van der Waals surface area (Å²) in [6.45, 7) is 5.02. The normalized spacial score (nSPS) is 16.9. The van der Waals surface area contributed by atoms with Gasteiger partial charge in [0, 0.05) is 45.5 Å². The summed E-state index contributed by atoms with van der Waals surface area (Å²) in [6, 6.07) is 18.7. The second kappa shape index (κ2) is 12.7. The first-order valence-electron chi connectivity index (χ1n) is 13.6. The molecule has 1 N–H and O–H groups in total. The Kier molecular flexibility index (Phi) is 9.04. The predicted molar refractivity (Wildman–Crippen MR) is 163 cm³/mol. The fourth-order valence-corrected chi connectivity index (χ4v) is 5.45. The van der Waals surface area contributed by atoms with Crippen LogP contribution in [0.4, 0.5) is 11.4 Å². The summed E-state index contributed by atoms with van der Waals surface area (Å²) < 4.78 is 11.1. The molecule has 41 heavy (non-hydrogen) atoms. The van der Waals surface area contributed by atoms with Gasteiger partial charge in [-0.15, -0.1) is 0 Å². The molecular weight excluding hydrogens is 563 g/mol. The molecule has 8 nitrogen and oxygen atoms in total. The molecule has 0 spiro atoms. The smallest absolute Gasteiger partial charge is 0.265 e. The number of carbonyl (C=O) groups is 2. The molecule has 1 fully saturated rings. The summed E-state index contributed by atoms with van der Waals surface area (Å²) >= 11 is 12.4. The standard InChI is InChI=1S/C31H34Cl2N4O4/c1-20(37-28-16-25(32)26(33)17-29(28)41-19-30(37)38)31(39)34-27(18-36-12-14-40-15-13-36)23-6-4-21(5-7-23)22-8-10-24(11-9-22)35(2)3/h4-11,16-17,20,27H,12-15,18-19H2,1-3H3,(H,34,39). The number of nitrogens with one attached hydrogen (secondary N) is 1. The maximum absolute atomic E-state index is 13.7. The first-order chi connectivity index (χ1) is 19.7. The maximum Gasteiger partial charge on any atom is 0.265 e. The third-order valence-corrected chi connectivity index (χ3v) is 8.26. The first-order valence-corrected chi connectivity index (χ1v) is 14.4. The second-order valence-corrected chi connectivity index (χ2v) is 11.3. The molecule has 0 aliphatic carbocycles. The van der Waals surface area contributed by atoms with Crippen molar-refractivity contribution in [3.05, 3.63) is 76.3 Å². The summed E-state index contributed by atoms with van der Waals surface area (Å²) in [6.07, 6.45) is 0. The molecule has 0 aromatic heterocycles. The van der Waals surface area contributed by atoms with Crippen LogP contribution in [0.1, 0.15) is 18.5 Å². The van der Waals surface area contributed by atoms with Crippen LogP contribution in [0.3, 0.4) is 0 Å². The van der Waals surface area contributed by atoms with Crippen molar-refractivity contribution in [3.8, 4) is 16.9 Å². The fraction of sp³-hybridized carbons (Fsp3) is 0.355. The zero-order chi connectivity index (χ0) is 29.1. The molecule has 2 unspecified atom stereocenters. The number of morpholine rings is 1. The van der Waals surface area contributed by atoms with E-state index in [4.69, 9.17) is 32.7 Å². The Balaban J connectivity index is 1.37. The van der Waals surface area contributed by atoms with Crippen molar-refractivity contribution in [1.82, 2.24) is 10.2 Å². The topological polar surface area (TPSA) is 74.4 Å². The molecule has 216 valence electrons. The fourth-order valence-electron chi connectivity index (χ4n) is 5.14. The number of fused-ring (bicyclic) bond motifs is 1. The third-order valence-electron chi connectivity index (χ3n) is 7.54. The number of ether oxygens (including phenoxy) is 2. The number of anilines is 2. The summed E-state index contributed by atoms with van der Waals surface area (Å²) in [5, 5.41) is 3.81. The van der Waals surface area contributed by atoms with Gasteiger partial charge in [0.15, 0.2) is 6.61 Å². The molecule has 2 aliphatic rings. The number of carbonyl (C=O) groups excluding carboxylic acids is 2. The number of rotatable bonds is 8. The molecule has 0 saturated carbocycles. The quantitative estimate of drug-likeness (QED) is 0.393. The van der Waals surface area contributed by atoms with E-state index in [1.54, 1.807) is 19.1 Å². The van der Waals surface area contributed by atoms with Gasteiger partial charge in [-0.1, -0.05) is 59.6 Å². The van der Waals surface area contributed by atoms with E-state index in [0.717, 1.165) is 35.5 Å². The largest absolute Gasteiger partial charge is 0.482 e. The minimum Gasteiger partial charge on any atom is -0.482 e. The number of benzene rings is 3. The highest BCUT2D eigenvalue weighted by molar-refractivity contribution is 6.42. The highest BCUT2D eigenvalue weighted by atomic mass is 35.5. The lowest BCUT2D eigenvalue weighted by atomic mass is 9.99. The van der Waals surface area contributed by atoms with Crippen LogP contribution < -0.4 is 19.9 Å². The summed E-state index contributed by atoms with van der Waals surface area (Å²) in [5.41, 5.74) is 4.75. The van der Waals surface area contributed by atoms with Gasteiger partial charge in [-0.3, -0.25) is 19.4 Å². The highest BCUT2D eigenvalue weighted by Gasteiger charge is 2.35. The number of hydrogen-bond donors (Lipinski definition) is 1. The maximum atomic E-state index is 13.7. The van der Waals surface area contributed by atoms with E-state index in [2.05, 4.69) is 63.6 Å². The van der Waals surface area contributed by atoms with Crippen molar-refractivity contribution in [1.29, 1.82) is 0 Å². The molecule has 0 bridgehead atoms. The number of nitrogens with zero attached hydrogens (tertiary/aromatic N) is 3. The van der Waals surface area contributed by atoms with E-state index in [0.29, 0.717) is 36.2 Å². The van der Waals surface area contributed by atoms with E-state index in [1.165, 1.54) is 4.90 Å². The summed E-state index contributed by atoms with van der Waals surface area (Å²) in [4.78, 5) is 32.4. The van der Waals surface area contributed by atoms with Crippen LogP contribution >= 0.6 is 23.2 Å². The molecule has 2 aliphatic heterocycles. The molecule has 2 amide bonds. The Bertz CT molecular complexity index is 1390. The van der Waals surface area contributed by atoms with Gasteiger partial charge in [-0.2, -0.15) is 0 Å². The molecule has 1 saturated heterocycles. The summed E-state index contributed by atoms with van der Waals surface area (Å²) in [7, 11) is 4.04. The van der Waals surface area contributed by atoms with Gasteiger partial charge >= 0.3 is 0 Å². The van der Waals surface area contributed by atoms with Gasteiger partial charge in [0.1, 0.15) is 11.8 Å². The summed E-state index contributed by atoms with van der Waals surface area (Å²) in [5.74, 6) is -0.190. The molecule has 3 aromatic rings. The Labute approximate surface area is 250 Å². The SMILES string of the molecule is CC(C(=O)NC(CN1CCOCC1)c1ccc(-c2ccc(N(C)C)cc2)cc1)N1C(=O)COc2cc(Cl)c(Cl)cc21. The van der Waals surface area contributed by atoms with E-state index in [9.17, 15) is 9.59 Å². The van der Waals surface area contributed by atoms with Crippen molar-refractivity contribution in [2.24, 2.45) is 0 Å². The molecule has 0 radical (unpaired) electrons. The molecule has 2 atom stereocenters. The zero-order valence-corrected chi connectivity index (χ0v) is 24.9. The van der Waals surface area contributed by atoms with Crippen LogP contribution in [0.2, 0.25) is 10.0 Å². The highest BCUT2D eigenvalue weighted by Crippen LogP contribution is 2.39. The number of hydrogen-bond acceptors (Lipinski definition) is 6. The van der Waals surface area contributed by atoms with Gasteiger partial charge in [0.25, 0.3) is 5.91 Å². The second-order valence-electron chi connectivity index (χ2n) is 10.5. The Hall–Kier alpha value is -3.30. The van der Waals surface area contributed by atoms with Crippen molar-refractivity contribution in [2.45, 2.75) is 19.0 Å². The van der Waals surface area contributed by atoms with Crippen LogP contribution in [-0.2, 0) is 14.3 Å². The monoisotopic (exact) mass is 596 g/mol. The van der Waals surface area contributed by atoms with E-state index in [-0.39, 0.29) is 29.5 Å². The van der Waals surface area contributed by atoms with Crippen molar-refractivity contribution < 1.29 is 19.1 Å². The minimum absolute atomic E-state index is 0.184. The average molecular weight is 598 g/mol. The van der Waals surface area contributed by atoms with Gasteiger partial charge < -0.3 is 19.7 Å². The van der Waals surface area contributed by atoms with E-state index < -0.39 is 6.04 Å². The Morgan fingerprint density at radius 2 is 1.59 bits per heavy atom. The van der Waals surface area contributed by atoms with Gasteiger partial charge in [-0.05, 0) is 41.8 Å². The van der Waals surface area contributed by atoms with Gasteiger partial charge in [0.2, 0.25) is 5.91 Å². The lowest BCUT2D eigenvalue weighted by Gasteiger charge is -2.35. The van der Waals surface area contributed by atoms with Gasteiger partial charge in [-0.25, -0.2) is 0 Å². The van der Waals surface area contributed by atoms with Crippen molar-refractivity contribution in [2.75, 3.05) is 63.4 Å². The van der Waals surface area contributed by atoms with E-state index in [1.807, 2.05) is 14.1 Å². The minimum atomic E-state index is -0.802. The molecule has 5 rings (SSSR count). The molecule has 3 aromatic carbocycles. The number of amides is 2. The van der Waals surface area contributed by atoms with Crippen molar-refractivity contribution >= 4 is 46.4 Å². The van der Waals surface area contributed by atoms with Crippen molar-refractivity contribution in [3.63, 3.8) is 0 Å². The van der Waals surface area contributed by atoms with Crippen LogP contribution in [0.25, 0.3) is 11.1 Å². The Morgan fingerprint density at radius 1 is 0.976 bits per heavy atom. The molecule has 10 heteroatoms. The average Bonchev–Trinajstić information content (AvgIpc) is 2.98. The van der Waals surface area contributed by atoms with Crippen LogP contribution in [0.5, 0.6) is 5.75 Å². The molecular formula is C31H34Cl2N4O4. The van der Waals surface area contributed by atoms with Gasteiger partial charge in [0.05, 0.1) is 35.0 Å². The predicted octanol–water partition coefficient (Wildman–Crippen LogP) is 5.03. The lowest BCUT2D eigenvalue weighted by molar-refractivity contribution is -0.128. The Morgan fingerprint density at radius 3 is 2.22 bits per heavy atom. The van der Waals surface area contributed by atoms with Crippen LogP contribution in [-0.4, -0.2) is 76.3 Å². The molecule has 2 heterocycles. The lowest BCUT2D eigenvalue weighted by Crippen LogP contribution is -2.53. The number of halogens is 2. The zero-order valence-electron chi connectivity index (χ0n) is 23.4. The first kappa shape index (κ1) is 29.2. The van der Waals surface area contributed by atoms with Crippen LogP contribution in [0, 0.1) is 0 Å². The van der Waals surface area contributed by atoms with E-state index >= 15 is 0 Å². The third kappa shape index (κ3) is 6.62. The van der Waals surface area contributed by atoms with Crippen LogP contribution in [0.15, 0.2) is 60.7 Å².